The molecule has 2 aromatic heterocycles. The molecule has 1 aliphatic heterocycles. The Labute approximate surface area is 207 Å². The molecule has 10 nitrogen and oxygen atoms in total. The minimum Gasteiger partial charge on any atom is -0.351 e. The van der Waals surface area contributed by atoms with Crippen LogP contribution in [0.25, 0.3) is 5.69 Å². The SMILES string of the molecule is COC1(OC)CC(c2ccc(-n3ccccc3=O)cc2)N(c2ccc(Cl)cn2)C1.NC(=O)NC=O. The van der Waals surface area contributed by atoms with Crippen molar-refractivity contribution in [1.29, 1.82) is 0 Å². The fourth-order valence-electron chi connectivity index (χ4n) is 3.85. The van der Waals surface area contributed by atoms with Gasteiger partial charge in [-0.2, -0.15) is 0 Å². The molecule has 1 aliphatic rings. The fraction of sp³-hybridized carbons (Fsp3) is 0.250. The van der Waals surface area contributed by atoms with Gasteiger partial charge in [-0.3, -0.25) is 19.5 Å². The Bertz CT molecular complexity index is 1200. The molecule has 1 saturated heterocycles. The van der Waals surface area contributed by atoms with Gasteiger partial charge in [-0.05, 0) is 35.9 Å². The molecule has 3 heterocycles. The summed E-state index contributed by atoms with van der Waals surface area (Å²) in [5.41, 5.74) is 6.26. The molecule has 1 aromatic carbocycles. The van der Waals surface area contributed by atoms with Gasteiger partial charge in [-0.1, -0.05) is 29.8 Å². The number of anilines is 1. The summed E-state index contributed by atoms with van der Waals surface area (Å²) in [7, 11) is 3.31. The molecule has 3 N–H and O–H groups in total. The summed E-state index contributed by atoms with van der Waals surface area (Å²) in [5, 5.41) is 2.26. The first-order valence-corrected chi connectivity index (χ1v) is 11.0. The Hall–Kier alpha value is -3.73. The lowest BCUT2D eigenvalue weighted by Crippen LogP contribution is -2.37. The summed E-state index contributed by atoms with van der Waals surface area (Å²) < 4.78 is 13.1. The normalized spacial score (nSPS) is 16.2. The number of nitrogens with zero attached hydrogens (tertiary/aromatic N) is 3. The molecule has 0 spiro atoms. The van der Waals surface area contributed by atoms with Crippen molar-refractivity contribution in [3.63, 3.8) is 0 Å². The van der Waals surface area contributed by atoms with E-state index in [9.17, 15) is 14.4 Å². The number of hydrogen-bond donors (Lipinski definition) is 2. The molecule has 1 atom stereocenters. The standard InChI is InChI=1S/C22H22ClN3O3.C2H4N2O2/c1-28-22(29-2)13-19(26(15-22)20-11-8-17(23)14-24-20)16-6-9-18(10-7-16)25-12-4-3-5-21(25)27;3-2(6)4-1-5/h3-12,14,19H,13,15H2,1-2H3;1H,(H3,3,4,5,6). The van der Waals surface area contributed by atoms with Gasteiger partial charge in [-0.15, -0.1) is 0 Å². The minimum atomic E-state index is -0.829. The van der Waals surface area contributed by atoms with Crippen LogP contribution < -0.4 is 21.5 Å². The number of amides is 3. The van der Waals surface area contributed by atoms with Crippen LogP contribution >= 0.6 is 11.6 Å². The molecule has 35 heavy (non-hydrogen) atoms. The van der Waals surface area contributed by atoms with E-state index in [0.29, 0.717) is 18.0 Å². The molecule has 1 fully saturated rings. The van der Waals surface area contributed by atoms with E-state index in [1.54, 1.807) is 48.6 Å². The van der Waals surface area contributed by atoms with Crippen LogP contribution in [0.2, 0.25) is 5.02 Å². The number of ether oxygens (including phenoxy) is 2. The second-order valence-electron chi connectivity index (χ2n) is 7.63. The Morgan fingerprint density at radius 2 is 1.89 bits per heavy atom. The number of hydrogen-bond acceptors (Lipinski definition) is 7. The van der Waals surface area contributed by atoms with E-state index in [1.165, 1.54) is 0 Å². The van der Waals surface area contributed by atoms with Crippen molar-refractivity contribution in [2.24, 2.45) is 5.73 Å². The van der Waals surface area contributed by atoms with Crippen molar-refractivity contribution in [2.45, 2.75) is 18.2 Å². The number of nitrogens with two attached hydrogens (primary N) is 1. The Morgan fingerprint density at radius 3 is 2.40 bits per heavy atom. The number of pyridine rings is 2. The topological polar surface area (TPSA) is 129 Å². The number of urea groups is 1. The van der Waals surface area contributed by atoms with Crippen LogP contribution in [0, 0.1) is 0 Å². The first-order valence-electron chi connectivity index (χ1n) is 10.6. The molecule has 0 radical (unpaired) electrons. The van der Waals surface area contributed by atoms with E-state index in [1.807, 2.05) is 42.5 Å². The number of primary amides is 1. The van der Waals surface area contributed by atoms with E-state index in [4.69, 9.17) is 21.1 Å². The third kappa shape index (κ3) is 6.24. The van der Waals surface area contributed by atoms with Gasteiger partial charge >= 0.3 is 6.03 Å². The average molecular weight is 500 g/mol. The number of carbonyl (C=O) groups excluding carboxylic acids is 2. The molecule has 1 unspecified atom stereocenters. The van der Waals surface area contributed by atoms with E-state index in [-0.39, 0.29) is 18.0 Å². The van der Waals surface area contributed by atoms with Gasteiger partial charge < -0.3 is 20.1 Å². The lowest BCUT2D eigenvalue weighted by atomic mass is 10.0. The second-order valence-corrected chi connectivity index (χ2v) is 8.06. The Morgan fingerprint density at radius 1 is 1.17 bits per heavy atom. The zero-order valence-corrected chi connectivity index (χ0v) is 20.0. The van der Waals surface area contributed by atoms with Crippen LogP contribution in [0.1, 0.15) is 18.0 Å². The number of aromatic nitrogens is 2. The maximum atomic E-state index is 12.1. The van der Waals surface area contributed by atoms with E-state index in [2.05, 4.69) is 15.6 Å². The first-order chi connectivity index (χ1) is 16.8. The number of rotatable bonds is 6. The van der Waals surface area contributed by atoms with Crippen LogP contribution in [0.3, 0.4) is 0 Å². The smallest absolute Gasteiger partial charge is 0.318 e. The van der Waals surface area contributed by atoms with E-state index >= 15 is 0 Å². The van der Waals surface area contributed by atoms with E-state index in [0.717, 1.165) is 17.1 Å². The molecular weight excluding hydrogens is 474 g/mol. The maximum Gasteiger partial charge on any atom is 0.318 e. The predicted octanol–water partition coefficient (Wildman–Crippen LogP) is 2.64. The van der Waals surface area contributed by atoms with Crippen LogP contribution in [-0.2, 0) is 14.3 Å². The third-order valence-electron chi connectivity index (χ3n) is 5.62. The van der Waals surface area contributed by atoms with Crippen LogP contribution in [0.15, 0.2) is 71.8 Å². The summed E-state index contributed by atoms with van der Waals surface area (Å²) in [6, 6.07) is 16.0. The van der Waals surface area contributed by atoms with Gasteiger partial charge in [-0.25, -0.2) is 9.78 Å². The molecular formula is C24H26ClN5O5. The Kier molecular flexibility index (Phi) is 8.58. The van der Waals surface area contributed by atoms with Crippen molar-refractivity contribution < 1.29 is 19.1 Å². The maximum absolute atomic E-state index is 12.1. The summed E-state index contributed by atoms with van der Waals surface area (Å²) in [4.78, 5) is 37.4. The van der Waals surface area contributed by atoms with Gasteiger partial charge in [0.05, 0.1) is 17.6 Å². The minimum absolute atomic E-state index is 0.00474. The number of nitrogens with one attached hydrogen (secondary N) is 1. The van der Waals surface area contributed by atoms with Gasteiger partial charge in [0.1, 0.15) is 5.82 Å². The van der Waals surface area contributed by atoms with Gasteiger partial charge in [0, 0.05) is 44.8 Å². The average Bonchev–Trinajstić information content (AvgIpc) is 3.26. The van der Waals surface area contributed by atoms with Gasteiger partial charge in [0.25, 0.3) is 5.56 Å². The number of methoxy groups -OCH3 is 2. The summed E-state index contributed by atoms with van der Waals surface area (Å²) in [5.74, 6) is 0.0832. The third-order valence-corrected chi connectivity index (χ3v) is 5.85. The van der Waals surface area contributed by atoms with Gasteiger partial charge in [0.15, 0.2) is 5.79 Å². The number of imide groups is 1. The van der Waals surface area contributed by atoms with Crippen molar-refractivity contribution in [1.82, 2.24) is 14.9 Å². The second kappa shape index (κ2) is 11.6. The van der Waals surface area contributed by atoms with Crippen LogP contribution in [-0.4, -0.2) is 48.5 Å². The highest BCUT2D eigenvalue weighted by Crippen LogP contribution is 2.42. The molecule has 0 saturated carbocycles. The highest BCUT2D eigenvalue weighted by atomic mass is 35.5. The Balaban J connectivity index is 0.000000509. The molecule has 0 aliphatic carbocycles. The summed E-state index contributed by atoms with van der Waals surface area (Å²) in [6.07, 6.45) is 4.27. The molecule has 4 rings (SSSR count). The molecule has 0 bridgehead atoms. The number of halogens is 1. The highest BCUT2D eigenvalue weighted by Gasteiger charge is 2.46. The molecule has 3 amide bonds. The van der Waals surface area contributed by atoms with Crippen molar-refractivity contribution in [2.75, 3.05) is 25.7 Å². The number of benzene rings is 1. The molecule has 3 aromatic rings. The van der Waals surface area contributed by atoms with Crippen molar-refractivity contribution >= 4 is 29.9 Å². The molecule has 184 valence electrons. The highest BCUT2D eigenvalue weighted by molar-refractivity contribution is 6.30. The fourth-order valence-corrected chi connectivity index (χ4v) is 3.96. The monoisotopic (exact) mass is 499 g/mol. The van der Waals surface area contributed by atoms with E-state index < -0.39 is 11.8 Å². The van der Waals surface area contributed by atoms with Crippen LogP contribution in [0.5, 0.6) is 0 Å². The quantitative estimate of drug-likeness (QED) is 0.394. The van der Waals surface area contributed by atoms with Crippen molar-refractivity contribution in [3.8, 4) is 5.69 Å². The lowest BCUT2D eigenvalue weighted by Gasteiger charge is -2.27. The number of carbonyl (C=O) groups is 2. The zero-order chi connectivity index (χ0) is 25.4. The zero-order valence-electron chi connectivity index (χ0n) is 19.3. The van der Waals surface area contributed by atoms with Gasteiger partial charge in [0.2, 0.25) is 6.41 Å². The summed E-state index contributed by atoms with van der Waals surface area (Å²) in [6.45, 7) is 0.541. The van der Waals surface area contributed by atoms with Crippen LogP contribution in [0.4, 0.5) is 10.6 Å². The van der Waals surface area contributed by atoms with Crippen molar-refractivity contribution in [3.05, 3.63) is 87.9 Å². The molecule has 11 heteroatoms. The largest absolute Gasteiger partial charge is 0.351 e. The predicted molar refractivity (Wildman–Crippen MR) is 132 cm³/mol. The first kappa shape index (κ1) is 25.9. The summed E-state index contributed by atoms with van der Waals surface area (Å²) >= 11 is 6.01. The lowest BCUT2D eigenvalue weighted by molar-refractivity contribution is -0.191.